The van der Waals surface area contributed by atoms with E-state index in [4.69, 9.17) is 0 Å². The lowest BCUT2D eigenvalue weighted by atomic mass is 9.88. The summed E-state index contributed by atoms with van der Waals surface area (Å²) in [6, 6.07) is 14.9. The first-order valence-electron chi connectivity index (χ1n) is 9.61. The van der Waals surface area contributed by atoms with Crippen molar-refractivity contribution in [3.8, 4) is 0 Å². The van der Waals surface area contributed by atoms with Gasteiger partial charge in [0.15, 0.2) is 0 Å². The van der Waals surface area contributed by atoms with Crippen LogP contribution in [0.4, 0.5) is 5.69 Å². The largest absolute Gasteiger partial charge is 0.391 e. The van der Waals surface area contributed by atoms with Crippen molar-refractivity contribution in [3.63, 3.8) is 0 Å². The number of carbonyl (C=O) groups is 1. The number of nitrogens with one attached hydrogen (secondary N) is 1. The topological polar surface area (TPSA) is 86.7 Å². The normalized spacial score (nSPS) is 31.2. The average molecular weight is 398 g/mol. The molecule has 1 amide bonds. The van der Waals surface area contributed by atoms with Crippen molar-refractivity contribution < 1.29 is 18.3 Å². The minimum Gasteiger partial charge on any atom is -0.391 e. The fourth-order valence-corrected chi connectivity index (χ4v) is 7.08. The van der Waals surface area contributed by atoms with E-state index in [-0.39, 0.29) is 34.2 Å². The van der Waals surface area contributed by atoms with E-state index in [0.717, 1.165) is 12.8 Å². The van der Waals surface area contributed by atoms with Crippen molar-refractivity contribution in [1.29, 1.82) is 0 Å². The highest BCUT2D eigenvalue weighted by Crippen LogP contribution is 2.56. The fourth-order valence-electron chi connectivity index (χ4n) is 5.29. The van der Waals surface area contributed by atoms with Crippen molar-refractivity contribution in [2.45, 2.75) is 29.9 Å². The molecule has 7 heteroatoms. The maximum Gasteiger partial charge on any atom is 0.255 e. The van der Waals surface area contributed by atoms with E-state index in [1.165, 1.54) is 16.4 Å². The number of rotatable bonds is 4. The lowest BCUT2D eigenvalue weighted by molar-refractivity contribution is 0.0731. The summed E-state index contributed by atoms with van der Waals surface area (Å²) in [7, 11) is -3.77. The molecule has 1 aliphatic heterocycles. The summed E-state index contributed by atoms with van der Waals surface area (Å²) in [6.07, 6.45) is 1.25. The average Bonchev–Trinajstić information content (AvgIpc) is 3.32. The van der Waals surface area contributed by atoms with Gasteiger partial charge in [0.05, 0.1) is 17.0 Å². The molecule has 0 aromatic heterocycles. The van der Waals surface area contributed by atoms with E-state index in [0.29, 0.717) is 18.2 Å². The van der Waals surface area contributed by atoms with Crippen molar-refractivity contribution >= 4 is 21.6 Å². The Morgan fingerprint density at radius 3 is 2.57 bits per heavy atom. The first-order chi connectivity index (χ1) is 13.4. The predicted molar refractivity (Wildman–Crippen MR) is 104 cm³/mol. The second kappa shape index (κ2) is 6.40. The van der Waals surface area contributed by atoms with Gasteiger partial charge >= 0.3 is 0 Å². The fraction of sp³-hybridized carbons (Fsp3) is 0.381. The lowest BCUT2D eigenvalue weighted by Gasteiger charge is -2.28. The number of carbonyl (C=O) groups excluding carboxylic acids is 1. The summed E-state index contributed by atoms with van der Waals surface area (Å²) in [4.78, 5) is 12.7. The number of hydrogen-bond donors (Lipinski definition) is 2. The van der Waals surface area contributed by atoms with Crippen LogP contribution in [0.5, 0.6) is 0 Å². The predicted octanol–water partition coefficient (Wildman–Crippen LogP) is 2.33. The summed E-state index contributed by atoms with van der Waals surface area (Å²) >= 11 is 0. The molecule has 1 heterocycles. The number of aliphatic hydroxyl groups is 1. The molecule has 2 bridgehead atoms. The Labute approximate surface area is 164 Å². The number of nitrogens with zero attached hydrogens (tertiary/aromatic N) is 1. The van der Waals surface area contributed by atoms with E-state index < -0.39 is 16.1 Å². The third-order valence-corrected chi connectivity index (χ3v) is 8.40. The Morgan fingerprint density at radius 1 is 1.04 bits per heavy atom. The van der Waals surface area contributed by atoms with Gasteiger partial charge in [-0.15, -0.1) is 0 Å². The van der Waals surface area contributed by atoms with Crippen molar-refractivity contribution in [1.82, 2.24) is 4.31 Å². The first kappa shape index (κ1) is 17.8. The van der Waals surface area contributed by atoms with E-state index in [1.807, 2.05) is 18.2 Å². The monoisotopic (exact) mass is 398 g/mol. The van der Waals surface area contributed by atoms with Gasteiger partial charge < -0.3 is 10.4 Å². The molecule has 5 rings (SSSR count). The standard InChI is InChI=1S/C21H22N2O4S/c24-20-14-9-15-12-23(19(20)18(15)11-14)28(26,27)17-8-4-5-13(10-17)21(25)22-16-6-2-1-3-7-16/h1-8,10,14-15,18-20,24H,9,11-12H2,(H,22,25)/t14-,15-,18+,19+,20-/m0/s1. The molecule has 6 nitrogen and oxygen atoms in total. The summed E-state index contributed by atoms with van der Waals surface area (Å²) < 4.78 is 28.1. The third kappa shape index (κ3) is 2.69. The molecule has 2 aromatic rings. The first-order valence-corrected chi connectivity index (χ1v) is 11.1. The van der Waals surface area contributed by atoms with Crippen molar-refractivity contribution in [2.75, 3.05) is 11.9 Å². The number of hydrogen-bond acceptors (Lipinski definition) is 4. The molecule has 2 aromatic carbocycles. The van der Waals surface area contributed by atoms with Gasteiger partial charge in [-0.05, 0) is 60.9 Å². The summed E-state index contributed by atoms with van der Waals surface area (Å²) in [5.74, 6) is 0.478. The van der Waals surface area contributed by atoms with E-state index in [2.05, 4.69) is 5.32 Å². The van der Waals surface area contributed by atoms with Crippen LogP contribution in [0.1, 0.15) is 23.2 Å². The highest BCUT2D eigenvalue weighted by molar-refractivity contribution is 7.89. The number of anilines is 1. The summed E-state index contributed by atoms with van der Waals surface area (Å²) in [5, 5.41) is 13.3. The molecular formula is C21H22N2O4S. The van der Waals surface area contributed by atoms with Crippen molar-refractivity contribution in [2.24, 2.45) is 17.8 Å². The Balaban J connectivity index is 1.42. The highest BCUT2D eigenvalue weighted by atomic mass is 32.2. The van der Waals surface area contributed by atoms with Gasteiger partial charge in [-0.1, -0.05) is 24.3 Å². The Kier molecular flexibility index (Phi) is 4.08. The van der Waals surface area contributed by atoms with Gasteiger partial charge in [0.1, 0.15) is 0 Å². The van der Waals surface area contributed by atoms with Crippen LogP contribution < -0.4 is 5.32 Å². The molecule has 0 spiro atoms. The molecular weight excluding hydrogens is 376 g/mol. The number of sulfonamides is 1. The van der Waals surface area contributed by atoms with E-state index >= 15 is 0 Å². The van der Waals surface area contributed by atoms with E-state index in [1.54, 1.807) is 24.3 Å². The Hall–Kier alpha value is -2.22. The number of benzene rings is 2. The molecule has 3 aliphatic rings. The second-order valence-electron chi connectivity index (χ2n) is 8.06. The summed E-state index contributed by atoms with van der Waals surface area (Å²) in [5.41, 5.74) is 0.939. The smallest absolute Gasteiger partial charge is 0.255 e. The molecule has 1 saturated heterocycles. The molecule has 2 saturated carbocycles. The van der Waals surface area contributed by atoms with Crippen LogP contribution in [0, 0.1) is 17.8 Å². The van der Waals surface area contributed by atoms with Crippen LogP contribution in [0.2, 0.25) is 0 Å². The zero-order valence-corrected chi connectivity index (χ0v) is 16.0. The van der Waals surface area contributed by atoms with Crippen LogP contribution in [-0.4, -0.2) is 42.4 Å². The minimum atomic E-state index is -3.77. The number of para-hydroxylation sites is 1. The molecule has 2 aliphatic carbocycles. The molecule has 0 radical (unpaired) electrons. The van der Waals surface area contributed by atoms with Gasteiger partial charge in [-0.3, -0.25) is 4.79 Å². The lowest BCUT2D eigenvalue weighted by Crippen LogP contribution is -2.43. The van der Waals surface area contributed by atoms with Crippen LogP contribution in [-0.2, 0) is 10.0 Å². The molecule has 146 valence electrons. The summed E-state index contributed by atoms with van der Waals surface area (Å²) in [6.45, 7) is 0.464. The highest BCUT2D eigenvalue weighted by Gasteiger charge is 2.61. The van der Waals surface area contributed by atoms with Gasteiger partial charge in [-0.2, -0.15) is 4.31 Å². The zero-order chi connectivity index (χ0) is 19.5. The number of aliphatic hydroxyl groups excluding tert-OH is 1. The van der Waals surface area contributed by atoms with Gasteiger partial charge in [-0.25, -0.2) is 8.42 Å². The Morgan fingerprint density at radius 2 is 1.82 bits per heavy atom. The molecule has 3 fully saturated rings. The number of fused-ring (bicyclic) bond motifs is 1. The quantitative estimate of drug-likeness (QED) is 0.828. The van der Waals surface area contributed by atoms with Crippen LogP contribution in [0.3, 0.4) is 0 Å². The van der Waals surface area contributed by atoms with Crippen LogP contribution in [0.25, 0.3) is 0 Å². The molecule has 28 heavy (non-hydrogen) atoms. The Bertz CT molecular complexity index is 1020. The van der Waals surface area contributed by atoms with Gasteiger partial charge in [0, 0.05) is 17.8 Å². The third-order valence-electron chi connectivity index (χ3n) is 6.54. The van der Waals surface area contributed by atoms with Crippen molar-refractivity contribution in [3.05, 3.63) is 60.2 Å². The second-order valence-corrected chi connectivity index (χ2v) is 9.95. The number of amides is 1. The minimum absolute atomic E-state index is 0.102. The van der Waals surface area contributed by atoms with Crippen LogP contribution >= 0.6 is 0 Å². The molecule has 0 unspecified atom stereocenters. The molecule has 2 N–H and O–H groups in total. The van der Waals surface area contributed by atoms with Crippen LogP contribution in [0.15, 0.2) is 59.5 Å². The SMILES string of the molecule is O=C(Nc1ccccc1)c1cccc(S(=O)(=O)N2C[C@@H]3C[C@H]4C[C@H]3[C@@H]2[C@H]4O)c1. The van der Waals surface area contributed by atoms with E-state index in [9.17, 15) is 18.3 Å². The maximum absolute atomic E-state index is 13.3. The van der Waals surface area contributed by atoms with Gasteiger partial charge in [0.25, 0.3) is 5.91 Å². The zero-order valence-electron chi connectivity index (χ0n) is 15.2. The molecule has 5 atom stereocenters. The van der Waals surface area contributed by atoms with Gasteiger partial charge in [0.2, 0.25) is 10.0 Å². The maximum atomic E-state index is 13.3.